The summed E-state index contributed by atoms with van der Waals surface area (Å²) in [7, 11) is 3.43. The number of non-ortho nitro benzene ring substituents is 1. The number of hydrogen-bond acceptors (Lipinski definition) is 6. The monoisotopic (exact) mass is 383 g/mol. The van der Waals surface area contributed by atoms with E-state index in [0.29, 0.717) is 12.2 Å². The van der Waals surface area contributed by atoms with Crippen molar-refractivity contribution in [1.82, 2.24) is 0 Å². The fourth-order valence-electron chi connectivity index (χ4n) is 3.25. The molecule has 0 radical (unpaired) electrons. The highest BCUT2D eigenvalue weighted by molar-refractivity contribution is 6.02. The number of nitrogens with zero attached hydrogens (tertiary/aromatic N) is 3. The minimum atomic E-state index is -1.02. The maximum absolute atomic E-state index is 12.8. The quantitative estimate of drug-likeness (QED) is 0.448. The number of carbonyl (C=O) groups is 2. The van der Waals surface area contributed by atoms with Gasteiger partial charge in [-0.15, -0.1) is 0 Å². The molecule has 28 heavy (non-hydrogen) atoms. The van der Waals surface area contributed by atoms with Crippen LogP contribution in [0, 0.1) is 10.1 Å². The van der Waals surface area contributed by atoms with Crippen molar-refractivity contribution in [2.24, 2.45) is 0 Å². The lowest BCUT2D eigenvalue weighted by molar-refractivity contribution is -0.384. The summed E-state index contributed by atoms with van der Waals surface area (Å²) in [6, 6.07) is 11.6. The molecule has 0 saturated carbocycles. The maximum Gasteiger partial charge on any atom is 0.341 e. The third kappa shape index (κ3) is 3.66. The molecule has 1 atom stereocenters. The summed E-state index contributed by atoms with van der Waals surface area (Å²) in [5.41, 5.74) is 2.19. The molecule has 8 heteroatoms. The normalized spacial score (nSPS) is 13.6. The lowest BCUT2D eigenvalue weighted by Gasteiger charge is -2.22. The highest BCUT2D eigenvalue weighted by Crippen LogP contribution is 2.29. The van der Waals surface area contributed by atoms with E-state index in [0.717, 1.165) is 17.7 Å². The molecule has 2 aromatic carbocycles. The average molecular weight is 383 g/mol. The van der Waals surface area contributed by atoms with Crippen LogP contribution in [0.2, 0.25) is 0 Å². The molecule has 1 heterocycles. The Kier molecular flexibility index (Phi) is 5.30. The van der Waals surface area contributed by atoms with Gasteiger partial charge in [0.1, 0.15) is 0 Å². The van der Waals surface area contributed by atoms with Gasteiger partial charge in [0.15, 0.2) is 6.10 Å². The summed E-state index contributed by atoms with van der Waals surface area (Å²) in [5.74, 6) is -1.10. The van der Waals surface area contributed by atoms with Crippen LogP contribution < -0.4 is 9.80 Å². The molecule has 0 aliphatic carbocycles. The summed E-state index contributed by atoms with van der Waals surface area (Å²) in [4.78, 5) is 39.2. The maximum atomic E-state index is 12.8. The van der Waals surface area contributed by atoms with E-state index in [-0.39, 0.29) is 17.2 Å². The number of para-hydroxylation sites is 1. The van der Waals surface area contributed by atoms with Crippen LogP contribution >= 0.6 is 0 Å². The topological polar surface area (TPSA) is 93.0 Å². The SMILES string of the molecule is CC(OC(=O)c1cc([N+](=O)[O-])ccc1N(C)C)C(=O)N1CCc2ccccc21. The van der Waals surface area contributed by atoms with E-state index in [1.54, 1.807) is 23.9 Å². The van der Waals surface area contributed by atoms with Crippen molar-refractivity contribution in [3.8, 4) is 0 Å². The van der Waals surface area contributed by atoms with Crippen LogP contribution in [0.3, 0.4) is 0 Å². The molecule has 0 bridgehead atoms. The Morgan fingerprint density at radius 1 is 1.21 bits per heavy atom. The van der Waals surface area contributed by atoms with Crippen molar-refractivity contribution in [3.63, 3.8) is 0 Å². The molecule has 0 spiro atoms. The van der Waals surface area contributed by atoms with E-state index in [1.165, 1.54) is 25.1 Å². The molecular weight excluding hydrogens is 362 g/mol. The Morgan fingerprint density at radius 2 is 1.93 bits per heavy atom. The highest BCUT2D eigenvalue weighted by Gasteiger charge is 2.31. The average Bonchev–Trinajstić information content (AvgIpc) is 3.10. The summed E-state index contributed by atoms with van der Waals surface area (Å²) >= 11 is 0. The Morgan fingerprint density at radius 3 is 2.61 bits per heavy atom. The summed E-state index contributed by atoms with van der Waals surface area (Å²) < 4.78 is 5.37. The van der Waals surface area contributed by atoms with Gasteiger partial charge >= 0.3 is 5.97 Å². The molecule has 1 amide bonds. The number of hydrogen-bond donors (Lipinski definition) is 0. The van der Waals surface area contributed by atoms with Gasteiger partial charge in [0, 0.05) is 38.5 Å². The van der Waals surface area contributed by atoms with Crippen molar-refractivity contribution >= 4 is 28.9 Å². The predicted molar refractivity (Wildman–Crippen MR) is 105 cm³/mol. The largest absolute Gasteiger partial charge is 0.449 e. The van der Waals surface area contributed by atoms with E-state index in [1.807, 2.05) is 24.3 Å². The summed E-state index contributed by atoms with van der Waals surface area (Å²) in [6.45, 7) is 2.04. The minimum Gasteiger partial charge on any atom is -0.449 e. The van der Waals surface area contributed by atoms with Crippen molar-refractivity contribution in [2.75, 3.05) is 30.4 Å². The molecule has 1 aliphatic heterocycles. The predicted octanol–water partition coefficient (Wildman–Crippen LogP) is 2.80. The number of anilines is 2. The number of amides is 1. The van der Waals surface area contributed by atoms with Crippen LogP contribution in [0.15, 0.2) is 42.5 Å². The first kappa shape index (κ1) is 19.3. The van der Waals surface area contributed by atoms with E-state index in [2.05, 4.69) is 0 Å². The van der Waals surface area contributed by atoms with Crippen molar-refractivity contribution in [1.29, 1.82) is 0 Å². The van der Waals surface area contributed by atoms with Gasteiger partial charge in [-0.25, -0.2) is 4.79 Å². The number of carbonyl (C=O) groups excluding carboxylic acids is 2. The second-order valence-corrected chi connectivity index (χ2v) is 6.77. The van der Waals surface area contributed by atoms with E-state index < -0.39 is 17.0 Å². The van der Waals surface area contributed by atoms with Gasteiger partial charge in [0.2, 0.25) is 0 Å². The zero-order chi connectivity index (χ0) is 20.4. The second kappa shape index (κ2) is 7.67. The lowest BCUT2D eigenvalue weighted by atomic mass is 10.1. The Labute approximate surface area is 162 Å². The van der Waals surface area contributed by atoms with E-state index in [9.17, 15) is 19.7 Å². The van der Waals surface area contributed by atoms with Crippen LogP contribution in [0.4, 0.5) is 17.1 Å². The molecule has 2 aromatic rings. The van der Waals surface area contributed by atoms with Crippen molar-refractivity contribution in [2.45, 2.75) is 19.4 Å². The second-order valence-electron chi connectivity index (χ2n) is 6.77. The summed E-state index contributed by atoms with van der Waals surface area (Å²) in [5, 5.41) is 11.1. The van der Waals surface area contributed by atoms with Crippen molar-refractivity contribution < 1.29 is 19.2 Å². The third-order valence-electron chi connectivity index (χ3n) is 4.68. The number of ether oxygens (including phenoxy) is 1. The first-order valence-electron chi connectivity index (χ1n) is 8.85. The number of nitro groups is 1. The first-order valence-corrected chi connectivity index (χ1v) is 8.85. The molecule has 8 nitrogen and oxygen atoms in total. The zero-order valence-corrected chi connectivity index (χ0v) is 15.9. The van der Waals surface area contributed by atoms with Gasteiger partial charge in [0.05, 0.1) is 16.2 Å². The fourth-order valence-corrected chi connectivity index (χ4v) is 3.25. The molecular formula is C20H21N3O5. The number of rotatable bonds is 5. The molecule has 0 aromatic heterocycles. The van der Waals surface area contributed by atoms with Crippen LogP contribution in [-0.4, -0.2) is 43.5 Å². The Hall–Kier alpha value is -3.42. The van der Waals surface area contributed by atoms with Gasteiger partial charge in [0.25, 0.3) is 11.6 Å². The third-order valence-corrected chi connectivity index (χ3v) is 4.68. The first-order chi connectivity index (χ1) is 13.3. The zero-order valence-electron chi connectivity index (χ0n) is 15.9. The molecule has 1 aliphatic rings. The number of nitro benzene ring substituents is 1. The van der Waals surface area contributed by atoms with E-state index >= 15 is 0 Å². The van der Waals surface area contributed by atoms with Gasteiger partial charge in [-0.3, -0.25) is 14.9 Å². The number of esters is 1. The summed E-state index contributed by atoms with van der Waals surface area (Å²) in [6.07, 6.45) is -0.272. The van der Waals surface area contributed by atoms with Crippen molar-refractivity contribution in [3.05, 3.63) is 63.7 Å². The molecule has 3 rings (SSSR count). The fraction of sp³-hybridized carbons (Fsp3) is 0.300. The Balaban J connectivity index is 1.80. The van der Waals surface area contributed by atoms with Crippen LogP contribution in [0.5, 0.6) is 0 Å². The van der Waals surface area contributed by atoms with Gasteiger partial charge < -0.3 is 14.5 Å². The van der Waals surface area contributed by atoms with Gasteiger partial charge in [-0.2, -0.15) is 0 Å². The molecule has 146 valence electrons. The Bertz CT molecular complexity index is 941. The van der Waals surface area contributed by atoms with E-state index in [4.69, 9.17) is 4.74 Å². The number of benzene rings is 2. The number of fused-ring (bicyclic) bond motifs is 1. The lowest BCUT2D eigenvalue weighted by Crippen LogP contribution is -2.39. The smallest absolute Gasteiger partial charge is 0.341 e. The standard InChI is InChI=1S/C20H21N3O5/c1-13(19(24)22-11-10-14-6-4-5-7-17(14)22)28-20(25)16-12-15(23(26)27)8-9-18(16)21(2)3/h4-9,12-13H,10-11H2,1-3H3. The molecule has 1 unspecified atom stereocenters. The highest BCUT2D eigenvalue weighted by atomic mass is 16.6. The molecule has 0 saturated heterocycles. The van der Waals surface area contributed by atoms with Crippen LogP contribution in [-0.2, 0) is 16.0 Å². The molecule has 0 fully saturated rings. The van der Waals surface area contributed by atoms with Crippen LogP contribution in [0.25, 0.3) is 0 Å². The molecule has 0 N–H and O–H groups in total. The van der Waals surface area contributed by atoms with Gasteiger partial charge in [-0.05, 0) is 31.0 Å². The van der Waals surface area contributed by atoms with Crippen LogP contribution in [0.1, 0.15) is 22.8 Å². The van der Waals surface area contributed by atoms with Gasteiger partial charge in [-0.1, -0.05) is 18.2 Å². The minimum absolute atomic E-state index is 0.0423.